The van der Waals surface area contributed by atoms with E-state index in [0.717, 1.165) is 31.8 Å². The zero-order valence-corrected chi connectivity index (χ0v) is 15.7. The first-order valence-corrected chi connectivity index (χ1v) is 10.4. The molecule has 3 saturated carbocycles. The maximum absolute atomic E-state index is 12.8. The van der Waals surface area contributed by atoms with Gasteiger partial charge in [0.15, 0.2) is 0 Å². The smallest absolute Gasteiger partial charge is 0.407 e. The van der Waals surface area contributed by atoms with Crippen molar-refractivity contribution in [1.29, 1.82) is 0 Å². The van der Waals surface area contributed by atoms with Gasteiger partial charge >= 0.3 is 6.09 Å². The van der Waals surface area contributed by atoms with Gasteiger partial charge in [-0.1, -0.05) is 18.2 Å². The maximum atomic E-state index is 12.8. The molecule has 5 aliphatic rings. The molecule has 1 spiro atoms. The second kappa shape index (κ2) is 5.27. The van der Waals surface area contributed by atoms with Crippen LogP contribution < -0.4 is 5.32 Å². The number of hydrogen-bond donors (Lipinski definition) is 1. The number of rotatable bonds is 3. The van der Waals surface area contributed by atoms with E-state index in [4.69, 9.17) is 4.74 Å². The molecule has 5 fully saturated rings. The van der Waals surface area contributed by atoms with Crippen LogP contribution in [0.25, 0.3) is 0 Å². The summed E-state index contributed by atoms with van der Waals surface area (Å²) < 4.78 is 5.01. The van der Waals surface area contributed by atoms with Gasteiger partial charge in [-0.3, -0.25) is 4.79 Å². The number of cyclic esters (lactones) is 1. The first kappa shape index (κ1) is 16.0. The topological polar surface area (TPSA) is 58.6 Å². The summed E-state index contributed by atoms with van der Waals surface area (Å²) in [6.07, 6.45) is 3.82. The van der Waals surface area contributed by atoms with Crippen molar-refractivity contribution in [3.63, 3.8) is 0 Å². The number of hydrogen-bond acceptors (Lipinski definition) is 3. The Hall–Kier alpha value is -2.04. The van der Waals surface area contributed by atoms with Gasteiger partial charge in [0.2, 0.25) is 5.91 Å². The van der Waals surface area contributed by atoms with Crippen LogP contribution in [0, 0.1) is 24.7 Å². The quantitative estimate of drug-likeness (QED) is 0.895. The number of nitrogens with zero attached hydrogens (tertiary/aromatic N) is 1. The molecule has 5 nitrogen and oxygen atoms in total. The third-order valence-electron chi connectivity index (χ3n) is 7.68. The fraction of sp³-hybridized carbons (Fsp3) is 0.636. The Kier molecular flexibility index (Phi) is 3.12. The van der Waals surface area contributed by atoms with Crippen molar-refractivity contribution in [2.45, 2.75) is 50.0 Å². The van der Waals surface area contributed by atoms with Gasteiger partial charge in [0.1, 0.15) is 6.61 Å². The largest absolute Gasteiger partial charge is 0.447 e. The number of amides is 2. The SMILES string of the molecule is Cc1cc(C2CC2)ccc1[C@@H]1[C@@H]2CN(C(=O)C3CC4(COC(=O)N4)C3)C[C@@H]21. The molecule has 2 aliphatic heterocycles. The standard InChI is InChI=1S/C22H26N2O3/c1-12-6-14(13-2-3-13)4-5-16(12)19-17-9-24(10-18(17)19)20(25)15-7-22(8-15)11-27-21(26)23-22/h4-6,13,15,17-19H,2-3,7-11H2,1H3,(H,23,26)/t15?,17-,18+,19-,22?. The molecular weight excluding hydrogens is 340 g/mol. The summed E-state index contributed by atoms with van der Waals surface area (Å²) >= 11 is 0. The molecule has 1 aromatic rings. The lowest BCUT2D eigenvalue weighted by Gasteiger charge is -2.43. The van der Waals surface area contributed by atoms with E-state index >= 15 is 0 Å². The van der Waals surface area contributed by atoms with Crippen LogP contribution in [0.1, 0.15) is 54.2 Å². The van der Waals surface area contributed by atoms with Crippen molar-refractivity contribution in [2.75, 3.05) is 19.7 Å². The second-order valence-corrected chi connectivity index (χ2v) is 9.57. The van der Waals surface area contributed by atoms with Crippen LogP contribution in [0.15, 0.2) is 18.2 Å². The Morgan fingerprint density at radius 1 is 1.22 bits per heavy atom. The first-order chi connectivity index (χ1) is 13.0. The van der Waals surface area contributed by atoms with Crippen molar-refractivity contribution in [1.82, 2.24) is 10.2 Å². The number of carbonyl (C=O) groups is 2. The van der Waals surface area contributed by atoms with Gasteiger partial charge in [0.25, 0.3) is 0 Å². The lowest BCUT2D eigenvalue weighted by Crippen LogP contribution is -2.58. The van der Waals surface area contributed by atoms with Crippen LogP contribution in [-0.4, -0.2) is 42.1 Å². The van der Waals surface area contributed by atoms with Crippen LogP contribution >= 0.6 is 0 Å². The zero-order chi connectivity index (χ0) is 18.3. The number of aryl methyl sites for hydroxylation is 1. The van der Waals surface area contributed by atoms with Gasteiger partial charge in [-0.15, -0.1) is 0 Å². The highest BCUT2D eigenvalue weighted by atomic mass is 16.6. The van der Waals surface area contributed by atoms with Crippen LogP contribution in [0.3, 0.4) is 0 Å². The van der Waals surface area contributed by atoms with Gasteiger partial charge in [0.05, 0.1) is 5.54 Å². The van der Waals surface area contributed by atoms with Crippen LogP contribution in [0.5, 0.6) is 0 Å². The number of nitrogens with one attached hydrogen (secondary N) is 1. The number of fused-ring (bicyclic) bond motifs is 1. The minimum atomic E-state index is -0.339. The van der Waals surface area contributed by atoms with Gasteiger partial charge in [-0.25, -0.2) is 4.79 Å². The summed E-state index contributed by atoms with van der Waals surface area (Å²) in [5, 5.41) is 2.88. The van der Waals surface area contributed by atoms with Crippen molar-refractivity contribution < 1.29 is 14.3 Å². The van der Waals surface area contributed by atoms with Gasteiger partial charge < -0.3 is 15.0 Å². The molecule has 142 valence electrons. The van der Waals surface area contributed by atoms with Gasteiger partial charge in [0, 0.05) is 19.0 Å². The summed E-state index contributed by atoms with van der Waals surface area (Å²) in [4.78, 5) is 26.2. The Morgan fingerprint density at radius 2 is 1.96 bits per heavy atom. The van der Waals surface area contributed by atoms with E-state index in [9.17, 15) is 9.59 Å². The fourth-order valence-corrected chi connectivity index (χ4v) is 5.94. The van der Waals surface area contributed by atoms with Crippen molar-refractivity contribution in [3.8, 4) is 0 Å². The molecule has 0 unspecified atom stereocenters. The third kappa shape index (κ3) is 2.43. The fourth-order valence-electron chi connectivity index (χ4n) is 5.94. The number of ether oxygens (including phenoxy) is 1. The summed E-state index contributed by atoms with van der Waals surface area (Å²) in [6, 6.07) is 7.09. The van der Waals surface area contributed by atoms with E-state index in [0.29, 0.717) is 24.4 Å². The molecule has 27 heavy (non-hydrogen) atoms. The molecule has 2 saturated heterocycles. The summed E-state index contributed by atoms with van der Waals surface area (Å²) in [5.41, 5.74) is 4.20. The molecular formula is C22H26N2O3. The van der Waals surface area contributed by atoms with Gasteiger partial charge in [-0.2, -0.15) is 0 Å². The van der Waals surface area contributed by atoms with E-state index in [1.165, 1.54) is 29.5 Å². The average molecular weight is 366 g/mol. The van der Waals surface area contributed by atoms with E-state index in [1.54, 1.807) is 0 Å². The highest BCUT2D eigenvalue weighted by Crippen LogP contribution is 2.59. The van der Waals surface area contributed by atoms with Crippen molar-refractivity contribution in [3.05, 3.63) is 34.9 Å². The number of benzene rings is 1. The molecule has 1 N–H and O–H groups in total. The molecule has 3 atom stereocenters. The van der Waals surface area contributed by atoms with E-state index in [2.05, 4.69) is 35.3 Å². The van der Waals surface area contributed by atoms with Crippen LogP contribution in [0.2, 0.25) is 0 Å². The molecule has 2 heterocycles. The molecule has 0 bridgehead atoms. The van der Waals surface area contributed by atoms with Crippen molar-refractivity contribution in [2.24, 2.45) is 17.8 Å². The zero-order valence-electron chi connectivity index (χ0n) is 15.7. The number of piperidine rings is 1. The Bertz CT molecular complexity index is 828. The van der Waals surface area contributed by atoms with Gasteiger partial charge in [-0.05, 0) is 73.0 Å². The van der Waals surface area contributed by atoms with E-state index in [1.807, 2.05) is 0 Å². The Labute approximate surface area is 159 Å². The monoisotopic (exact) mass is 366 g/mol. The predicted octanol–water partition coefficient (Wildman–Crippen LogP) is 2.93. The van der Waals surface area contributed by atoms with Crippen LogP contribution in [-0.2, 0) is 9.53 Å². The Morgan fingerprint density at radius 3 is 2.56 bits per heavy atom. The lowest BCUT2D eigenvalue weighted by molar-refractivity contribution is -0.140. The minimum absolute atomic E-state index is 0.0579. The number of carbonyl (C=O) groups excluding carboxylic acids is 2. The van der Waals surface area contributed by atoms with E-state index in [-0.39, 0.29) is 23.5 Å². The molecule has 5 heteroatoms. The van der Waals surface area contributed by atoms with E-state index < -0.39 is 0 Å². The highest BCUT2D eigenvalue weighted by Gasteiger charge is 2.60. The average Bonchev–Trinajstić information content (AvgIpc) is 3.50. The van der Waals surface area contributed by atoms with Crippen LogP contribution in [0.4, 0.5) is 4.79 Å². The third-order valence-corrected chi connectivity index (χ3v) is 7.68. The summed E-state index contributed by atoms with van der Waals surface area (Å²) in [6.45, 7) is 4.48. The molecule has 0 radical (unpaired) electrons. The number of alkyl carbamates (subject to hydrolysis) is 1. The first-order valence-electron chi connectivity index (χ1n) is 10.4. The normalized spacial score (nSPS) is 39.0. The second-order valence-electron chi connectivity index (χ2n) is 9.57. The molecule has 3 aliphatic carbocycles. The van der Waals surface area contributed by atoms with Crippen molar-refractivity contribution >= 4 is 12.0 Å². The molecule has 2 amide bonds. The highest BCUT2D eigenvalue weighted by molar-refractivity contribution is 5.82. The predicted molar refractivity (Wildman–Crippen MR) is 99.4 cm³/mol. The molecule has 1 aromatic carbocycles. The molecule has 0 aromatic heterocycles. The maximum Gasteiger partial charge on any atom is 0.407 e. The lowest BCUT2D eigenvalue weighted by atomic mass is 9.68. The number of likely N-dealkylation sites (tertiary alicyclic amines) is 1. The summed E-state index contributed by atoms with van der Waals surface area (Å²) in [5.74, 6) is 3.09. The minimum Gasteiger partial charge on any atom is -0.447 e. The Balaban J connectivity index is 1.07. The molecule has 6 rings (SSSR count). The summed E-state index contributed by atoms with van der Waals surface area (Å²) in [7, 11) is 0.